The number of aromatic nitrogens is 4. The van der Waals surface area contributed by atoms with Gasteiger partial charge in [0.1, 0.15) is 24.3 Å². The summed E-state index contributed by atoms with van der Waals surface area (Å²) in [5, 5.41) is 2.48. The number of esters is 1. The first kappa shape index (κ1) is 20.7. The van der Waals surface area contributed by atoms with Gasteiger partial charge >= 0.3 is 5.97 Å². The van der Waals surface area contributed by atoms with E-state index >= 15 is 0 Å². The predicted molar refractivity (Wildman–Crippen MR) is 114 cm³/mol. The van der Waals surface area contributed by atoms with E-state index < -0.39 is 17.4 Å². The zero-order valence-electron chi connectivity index (χ0n) is 16.9. The van der Waals surface area contributed by atoms with Gasteiger partial charge in [-0.3, -0.25) is 23.9 Å². The number of anilines is 1. The minimum Gasteiger partial charge on any atom is -0.468 e. The number of rotatable bonds is 6. The van der Waals surface area contributed by atoms with E-state index in [4.69, 9.17) is 9.15 Å². The number of nitrogens with one attached hydrogen (secondary N) is 1. The van der Waals surface area contributed by atoms with Crippen LogP contribution >= 0.6 is 0 Å². The first-order valence-corrected chi connectivity index (χ1v) is 9.46. The lowest BCUT2D eigenvalue weighted by atomic mass is 10.2. The lowest BCUT2D eigenvalue weighted by Crippen LogP contribution is -2.30. The maximum absolute atomic E-state index is 13.1. The van der Waals surface area contributed by atoms with E-state index in [0.29, 0.717) is 11.1 Å². The van der Waals surface area contributed by atoms with Crippen molar-refractivity contribution < 1.29 is 18.7 Å². The fourth-order valence-electron chi connectivity index (χ4n) is 2.92. The highest BCUT2D eigenvalue weighted by atomic mass is 16.5. The maximum Gasteiger partial charge on any atom is 0.325 e. The van der Waals surface area contributed by atoms with Gasteiger partial charge in [-0.2, -0.15) is 0 Å². The Hall–Kier alpha value is -4.60. The number of pyridine rings is 1. The molecule has 4 rings (SSSR count). The monoisotopic (exact) mass is 431 g/mol. The Morgan fingerprint density at radius 3 is 2.59 bits per heavy atom. The molecule has 0 aliphatic heterocycles. The molecule has 0 aliphatic carbocycles. The molecule has 1 aromatic carbocycles. The number of amides is 1. The maximum atomic E-state index is 13.1. The highest BCUT2D eigenvalue weighted by molar-refractivity contribution is 6.02. The Morgan fingerprint density at radius 2 is 1.88 bits per heavy atom. The lowest BCUT2D eigenvalue weighted by molar-refractivity contribution is -0.141. The Balaban J connectivity index is 1.65. The summed E-state index contributed by atoms with van der Waals surface area (Å²) in [4.78, 5) is 50.0. The summed E-state index contributed by atoms with van der Waals surface area (Å²) < 4.78 is 11.2. The van der Waals surface area contributed by atoms with E-state index in [-0.39, 0.29) is 29.6 Å². The number of benzene rings is 1. The van der Waals surface area contributed by atoms with Crippen molar-refractivity contribution in [2.45, 2.75) is 6.54 Å². The van der Waals surface area contributed by atoms with E-state index in [1.807, 2.05) is 6.07 Å². The van der Waals surface area contributed by atoms with Crippen LogP contribution in [0, 0.1) is 0 Å². The van der Waals surface area contributed by atoms with Crippen LogP contribution in [0.1, 0.15) is 10.5 Å². The highest BCUT2D eigenvalue weighted by Crippen LogP contribution is 2.19. The van der Waals surface area contributed by atoms with Gasteiger partial charge in [-0.05, 0) is 12.1 Å². The number of oxazole rings is 1. The van der Waals surface area contributed by atoms with Crippen LogP contribution in [0.25, 0.3) is 22.8 Å². The Bertz CT molecular complexity index is 1320. The quantitative estimate of drug-likeness (QED) is 0.461. The van der Waals surface area contributed by atoms with Crippen LogP contribution in [0.5, 0.6) is 0 Å². The normalized spacial score (nSPS) is 10.5. The number of ether oxygens (including phenoxy) is 1. The molecule has 0 saturated heterocycles. The standard InChI is InChI=1S/C22H17N5O5/c1-31-18(28)12-27-19(14-6-3-2-4-7-14)24-11-16(22(27)30)25-20(29)17-13-32-21(26-17)15-8-5-9-23-10-15/h2-11,13H,12H2,1H3,(H,25,29). The topological polar surface area (TPSA) is 129 Å². The average Bonchev–Trinajstić information content (AvgIpc) is 3.33. The Kier molecular flexibility index (Phi) is 5.84. The SMILES string of the molecule is COC(=O)Cn1c(-c2ccccc2)ncc(NC(=O)c2coc(-c3cccnc3)n2)c1=O. The summed E-state index contributed by atoms with van der Waals surface area (Å²) in [5.41, 5.74) is 0.456. The van der Waals surface area contributed by atoms with Crippen LogP contribution < -0.4 is 10.9 Å². The van der Waals surface area contributed by atoms with Crippen molar-refractivity contribution in [3.63, 3.8) is 0 Å². The number of hydrogen-bond acceptors (Lipinski definition) is 8. The van der Waals surface area contributed by atoms with Crippen molar-refractivity contribution in [1.29, 1.82) is 0 Å². The van der Waals surface area contributed by atoms with E-state index in [9.17, 15) is 14.4 Å². The van der Waals surface area contributed by atoms with Crippen molar-refractivity contribution in [2.24, 2.45) is 0 Å². The number of hydrogen-bond donors (Lipinski definition) is 1. The Morgan fingerprint density at radius 1 is 1.09 bits per heavy atom. The molecule has 10 nitrogen and oxygen atoms in total. The number of carbonyl (C=O) groups is 2. The fraction of sp³-hybridized carbons (Fsp3) is 0.0909. The molecule has 3 heterocycles. The summed E-state index contributed by atoms with van der Waals surface area (Å²) in [6.07, 6.45) is 5.56. The van der Waals surface area contributed by atoms with Gasteiger partial charge < -0.3 is 14.5 Å². The summed E-state index contributed by atoms with van der Waals surface area (Å²) in [6, 6.07) is 12.3. The van der Waals surface area contributed by atoms with E-state index in [2.05, 4.69) is 20.3 Å². The molecule has 0 bridgehead atoms. The number of nitrogens with zero attached hydrogens (tertiary/aromatic N) is 4. The highest BCUT2D eigenvalue weighted by Gasteiger charge is 2.19. The molecule has 0 unspecified atom stereocenters. The van der Waals surface area contributed by atoms with Gasteiger partial charge in [0.25, 0.3) is 11.5 Å². The zero-order valence-corrected chi connectivity index (χ0v) is 16.9. The van der Waals surface area contributed by atoms with Gasteiger partial charge in [-0.15, -0.1) is 0 Å². The van der Waals surface area contributed by atoms with Crippen LogP contribution in [0.3, 0.4) is 0 Å². The van der Waals surface area contributed by atoms with Gasteiger partial charge in [-0.25, -0.2) is 9.97 Å². The molecule has 32 heavy (non-hydrogen) atoms. The second-order valence-electron chi connectivity index (χ2n) is 6.56. The predicted octanol–water partition coefficient (Wildman–Crippen LogP) is 2.39. The third-order valence-corrected chi connectivity index (χ3v) is 4.49. The Labute approximate surface area is 181 Å². The number of methoxy groups -OCH3 is 1. The van der Waals surface area contributed by atoms with E-state index in [0.717, 1.165) is 4.57 Å². The zero-order chi connectivity index (χ0) is 22.5. The van der Waals surface area contributed by atoms with Gasteiger partial charge in [0, 0.05) is 18.0 Å². The summed E-state index contributed by atoms with van der Waals surface area (Å²) >= 11 is 0. The van der Waals surface area contributed by atoms with E-state index in [1.165, 1.54) is 19.6 Å². The molecule has 3 aromatic heterocycles. The number of carbonyl (C=O) groups excluding carboxylic acids is 2. The van der Waals surface area contributed by atoms with Crippen LogP contribution in [-0.4, -0.2) is 38.5 Å². The minimum absolute atomic E-state index is 0.0325. The fourth-order valence-corrected chi connectivity index (χ4v) is 2.92. The molecule has 0 atom stereocenters. The molecule has 1 amide bonds. The van der Waals surface area contributed by atoms with Crippen LogP contribution in [0.15, 0.2) is 76.5 Å². The first-order valence-electron chi connectivity index (χ1n) is 9.46. The van der Waals surface area contributed by atoms with Crippen LogP contribution in [0.2, 0.25) is 0 Å². The molecule has 1 N–H and O–H groups in total. The molecule has 4 aromatic rings. The molecule has 0 aliphatic rings. The molecular formula is C22H17N5O5. The third kappa shape index (κ3) is 4.29. The summed E-state index contributed by atoms with van der Waals surface area (Å²) in [5.74, 6) is -0.824. The second kappa shape index (κ2) is 9.04. The lowest BCUT2D eigenvalue weighted by Gasteiger charge is -2.13. The van der Waals surface area contributed by atoms with Crippen molar-refractivity contribution >= 4 is 17.6 Å². The smallest absolute Gasteiger partial charge is 0.325 e. The molecule has 0 radical (unpaired) electrons. The molecule has 160 valence electrons. The molecule has 0 spiro atoms. The molecular weight excluding hydrogens is 414 g/mol. The minimum atomic E-state index is -0.667. The van der Waals surface area contributed by atoms with Gasteiger partial charge in [0.2, 0.25) is 5.89 Å². The third-order valence-electron chi connectivity index (χ3n) is 4.49. The van der Waals surface area contributed by atoms with Crippen LogP contribution in [-0.2, 0) is 16.1 Å². The molecule has 0 fully saturated rings. The van der Waals surface area contributed by atoms with Crippen molar-refractivity contribution in [3.8, 4) is 22.8 Å². The molecule has 10 heteroatoms. The van der Waals surface area contributed by atoms with Crippen molar-refractivity contribution in [2.75, 3.05) is 12.4 Å². The van der Waals surface area contributed by atoms with Crippen molar-refractivity contribution in [3.05, 3.63) is 83.4 Å². The summed E-state index contributed by atoms with van der Waals surface area (Å²) in [7, 11) is 1.22. The van der Waals surface area contributed by atoms with E-state index in [1.54, 1.807) is 48.8 Å². The summed E-state index contributed by atoms with van der Waals surface area (Å²) in [6.45, 7) is -0.370. The van der Waals surface area contributed by atoms with Gasteiger partial charge in [0.15, 0.2) is 5.69 Å². The average molecular weight is 431 g/mol. The largest absolute Gasteiger partial charge is 0.468 e. The van der Waals surface area contributed by atoms with Gasteiger partial charge in [0.05, 0.1) is 18.9 Å². The van der Waals surface area contributed by atoms with Crippen LogP contribution in [0.4, 0.5) is 5.69 Å². The van der Waals surface area contributed by atoms with Gasteiger partial charge in [-0.1, -0.05) is 30.3 Å². The van der Waals surface area contributed by atoms with Crippen molar-refractivity contribution in [1.82, 2.24) is 19.5 Å². The first-order chi connectivity index (χ1) is 15.6. The molecule has 0 saturated carbocycles. The second-order valence-corrected chi connectivity index (χ2v) is 6.56.